The van der Waals surface area contributed by atoms with Gasteiger partial charge in [-0.2, -0.15) is 0 Å². The van der Waals surface area contributed by atoms with E-state index in [1.54, 1.807) is 19.2 Å². The number of carboxylic acid groups (broad SMARTS) is 1. The van der Waals surface area contributed by atoms with Crippen LogP contribution in [0.4, 0.5) is 0 Å². The van der Waals surface area contributed by atoms with Crippen LogP contribution in [0.15, 0.2) is 24.3 Å². The summed E-state index contributed by atoms with van der Waals surface area (Å²) in [4.78, 5) is 13.6. The third-order valence-electron chi connectivity index (χ3n) is 3.90. The fraction of sp³-hybridized carbons (Fsp3) is 0.562. The van der Waals surface area contributed by atoms with Crippen molar-refractivity contribution in [2.75, 3.05) is 33.4 Å². The topological polar surface area (TPSA) is 79.2 Å². The van der Waals surface area contributed by atoms with E-state index in [9.17, 15) is 15.0 Å². The first kappa shape index (κ1) is 16.7. The van der Waals surface area contributed by atoms with Gasteiger partial charge in [0.2, 0.25) is 0 Å². The molecule has 122 valence electrons. The van der Waals surface area contributed by atoms with Gasteiger partial charge < -0.3 is 19.7 Å². The molecular weight excluding hydrogens is 286 g/mol. The Hall–Kier alpha value is -1.63. The molecule has 1 saturated heterocycles. The highest BCUT2D eigenvalue weighted by molar-refractivity contribution is 5.75. The highest BCUT2D eigenvalue weighted by atomic mass is 16.5. The Morgan fingerprint density at radius 1 is 1.36 bits per heavy atom. The minimum absolute atomic E-state index is 0.0848. The number of hydrogen-bond acceptors (Lipinski definition) is 5. The number of nitrogens with zero attached hydrogens (tertiary/aromatic N) is 1. The number of benzene rings is 1. The zero-order valence-corrected chi connectivity index (χ0v) is 12.8. The first-order valence-electron chi connectivity index (χ1n) is 7.48. The summed E-state index contributed by atoms with van der Waals surface area (Å²) in [5, 5.41) is 19.1. The van der Waals surface area contributed by atoms with Crippen molar-refractivity contribution < 1.29 is 24.5 Å². The van der Waals surface area contributed by atoms with Crippen LogP contribution in [0.25, 0.3) is 0 Å². The Morgan fingerprint density at radius 2 is 2.09 bits per heavy atom. The molecule has 1 aliphatic rings. The molecule has 2 N–H and O–H groups in total. The molecule has 0 amide bonds. The van der Waals surface area contributed by atoms with Gasteiger partial charge in [0.15, 0.2) is 0 Å². The van der Waals surface area contributed by atoms with Crippen molar-refractivity contribution in [1.29, 1.82) is 0 Å². The van der Waals surface area contributed by atoms with Gasteiger partial charge in [0.1, 0.15) is 11.8 Å². The van der Waals surface area contributed by atoms with Crippen LogP contribution in [0, 0.1) is 0 Å². The number of aromatic hydroxyl groups is 1. The largest absolute Gasteiger partial charge is 0.508 e. The zero-order chi connectivity index (χ0) is 15.9. The van der Waals surface area contributed by atoms with Crippen LogP contribution in [-0.4, -0.2) is 60.6 Å². The van der Waals surface area contributed by atoms with Gasteiger partial charge in [-0.05, 0) is 30.5 Å². The molecule has 0 bridgehead atoms. The molecule has 0 aromatic heterocycles. The van der Waals surface area contributed by atoms with Crippen molar-refractivity contribution in [3.8, 4) is 5.75 Å². The lowest BCUT2D eigenvalue weighted by molar-refractivity contribution is -0.145. The van der Waals surface area contributed by atoms with Gasteiger partial charge in [0.25, 0.3) is 0 Å². The maximum atomic E-state index is 11.6. The first-order valence-corrected chi connectivity index (χ1v) is 7.48. The Balaban J connectivity index is 1.96. The normalized spacial score (nSPS) is 18.2. The number of phenolic OH excluding ortho intramolecular Hbond substituents is 1. The van der Waals surface area contributed by atoms with Gasteiger partial charge in [-0.3, -0.25) is 9.69 Å². The summed E-state index contributed by atoms with van der Waals surface area (Å²) < 4.78 is 10.7. The van der Waals surface area contributed by atoms with Gasteiger partial charge in [-0.15, -0.1) is 0 Å². The second-order valence-corrected chi connectivity index (χ2v) is 5.43. The number of rotatable bonds is 7. The van der Waals surface area contributed by atoms with Gasteiger partial charge in [-0.1, -0.05) is 12.1 Å². The second-order valence-electron chi connectivity index (χ2n) is 5.43. The van der Waals surface area contributed by atoms with Crippen molar-refractivity contribution in [1.82, 2.24) is 4.90 Å². The number of methoxy groups -OCH3 is 1. The highest BCUT2D eigenvalue weighted by Gasteiger charge is 2.31. The van der Waals surface area contributed by atoms with Crippen molar-refractivity contribution in [3.05, 3.63) is 29.8 Å². The lowest BCUT2D eigenvalue weighted by Gasteiger charge is -2.35. The van der Waals surface area contributed by atoms with E-state index in [0.29, 0.717) is 31.9 Å². The van der Waals surface area contributed by atoms with Crippen LogP contribution in [0.2, 0.25) is 0 Å². The third kappa shape index (κ3) is 4.43. The molecule has 0 saturated carbocycles. The molecule has 2 rings (SSSR count). The first-order chi connectivity index (χ1) is 10.6. The Bertz CT molecular complexity index is 485. The van der Waals surface area contributed by atoms with Crippen molar-refractivity contribution in [2.24, 2.45) is 0 Å². The van der Waals surface area contributed by atoms with Crippen LogP contribution in [-0.2, 0) is 14.3 Å². The maximum Gasteiger partial charge on any atom is 0.325 e. The second kappa shape index (κ2) is 8.12. The summed E-state index contributed by atoms with van der Waals surface area (Å²) in [6.45, 7) is 2.45. The van der Waals surface area contributed by atoms with E-state index < -0.39 is 12.0 Å². The third-order valence-corrected chi connectivity index (χ3v) is 3.90. The van der Waals surface area contributed by atoms with Crippen molar-refractivity contribution in [2.45, 2.75) is 25.0 Å². The number of aliphatic carboxylic acids is 1. The monoisotopic (exact) mass is 309 g/mol. The van der Waals surface area contributed by atoms with Gasteiger partial charge in [0.05, 0.1) is 19.3 Å². The minimum atomic E-state index is -0.899. The summed E-state index contributed by atoms with van der Waals surface area (Å²) in [6, 6.07) is 5.73. The smallest absolute Gasteiger partial charge is 0.325 e. The molecule has 0 spiro atoms. The number of carbonyl (C=O) groups is 1. The highest BCUT2D eigenvalue weighted by Crippen LogP contribution is 2.27. The van der Waals surface area contributed by atoms with E-state index >= 15 is 0 Å². The van der Waals surface area contributed by atoms with Crippen LogP contribution in [0.1, 0.15) is 24.4 Å². The van der Waals surface area contributed by atoms with Gasteiger partial charge in [0, 0.05) is 20.2 Å². The van der Waals surface area contributed by atoms with Crippen molar-refractivity contribution in [3.63, 3.8) is 0 Å². The van der Waals surface area contributed by atoms with E-state index in [4.69, 9.17) is 9.47 Å². The van der Waals surface area contributed by atoms with Crippen molar-refractivity contribution >= 4 is 5.97 Å². The predicted octanol–water partition coefficient (Wildman–Crippen LogP) is 1.65. The van der Waals surface area contributed by atoms with E-state index in [2.05, 4.69) is 0 Å². The van der Waals surface area contributed by atoms with Crippen LogP contribution in [0.5, 0.6) is 5.75 Å². The van der Waals surface area contributed by atoms with Crippen LogP contribution < -0.4 is 0 Å². The molecule has 1 fully saturated rings. The predicted molar refractivity (Wildman–Crippen MR) is 80.9 cm³/mol. The quantitative estimate of drug-likeness (QED) is 0.746. The number of piperidine rings is 1. The lowest BCUT2D eigenvalue weighted by atomic mass is 10.0. The number of phenols is 1. The molecule has 1 aromatic carbocycles. The Morgan fingerprint density at radius 3 is 2.68 bits per heavy atom. The molecule has 6 nitrogen and oxygen atoms in total. The molecule has 0 aliphatic carbocycles. The van der Waals surface area contributed by atoms with E-state index in [1.165, 1.54) is 12.1 Å². The average Bonchev–Trinajstić information content (AvgIpc) is 2.49. The fourth-order valence-corrected chi connectivity index (χ4v) is 2.80. The number of hydrogen-bond donors (Lipinski definition) is 2. The molecule has 6 heteroatoms. The summed E-state index contributed by atoms with van der Waals surface area (Å²) in [6.07, 6.45) is 1.75. The summed E-state index contributed by atoms with van der Waals surface area (Å²) in [5.74, 6) is -0.814. The van der Waals surface area contributed by atoms with E-state index in [-0.39, 0.29) is 11.9 Å². The SMILES string of the molecule is COCCOC1CCN([C@@H](C(=O)O)c2cccc(O)c2)CC1. The molecule has 0 unspecified atom stereocenters. The molecule has 1 aliphatic heterocycles. The molecule has 1 aromatic rings. The van der Waals surface area contributed by atoms with E-state index in [1.807, 2.05) is 4.90 Å². The van der Waals surface area contributed by atoms with Gasteiger partial charge in [-0.25, -0.2) is 0 Å². The zero-order valence-electron chi connectivity index (χ0n) is 12.8. The number of ether oxygens (including phenoxy) is 2. The summed E-state index contributed by atoms with van der Waals surface area (Å²) >= 11 is 0. The average molecular weight is 309 g/mol. The minimum Gasteiger partial charge on any atom is -0.508 e. The Kier molecular flexibility index (Phi) is 6.18. The van der Waals surface area contributed by atoms with Gasteiger partial charge >= 0.3 is 5.97 Å². The maximum absolute atomic E-state index is 11.6. The van der Waals surface area contributed by atoms with E-state index in [0.717, 1.165) is 12.8 Å². The summed E-state index contributed by atoms with van der Waals surface area (Å²) in [5.41, 5.74) is 0.603. The van der Waals surface area contributed by atoms with Crippen LogP contribution in [0.3, 0.4) is 0 Å². The standard InChI is InChI=1S/C16H23NO5/c1-21-9-10-22-14-5-7-17(8-6-14)15(16(19)20)12-3-2-4-13(18)11-12/h2-4,11,14-15,18H,5-10H2,1H3,(H,19,20)/t15-/m1/s1. The molecule has 1 heterocycles. The number of carboxylic acids is 1. The lowest BCUT2D eigenvalue weighted by Crippen LogP contribution is -2.42. The molecular formula is C16H23NO5. The fourth-order valence-electron chi connectivity index (χ4n) is 2.80. The molecule has 22 heavy (non-hydrogen) atoms. The Labute approximate surface area is 130 Å². The summed E-state index contributed by atoms with van der Waals surface area (Å²) in [7, 11) is 1.64. The number of likely N-dealkylation sites (tertiary alicyclic amines) is 1. The molecule has 1 atom stereocenters. The molecule has 0 radical (unpaired) electrons. The van der Waals surface area contributed by atoms with Crippen LogP contribution >= 0.6 is 0 Å².